The van der Waals surface area contributed by atoms with E-state index >= 15 is 0 Å². The van der Waals surface area contributed by atoms with Gasteiger partial charge in [-0.15, -0.1) is 0 Å². The molecule has 0 atom stereocenters. The van der Waals surface area contributed by atoms with Gasteiger partial charge < -0.3 is 10.1 Å². The Hall–Kier alpha value is -0.940. The SMILES string of the molecule is COc1c(Cl)cc(C(F)(F)F)cc1C1CCNCC1. The smallest absolute Gasteiger partial charge is 0.416 e. The Kier molecular flexibility index (Phi) is 4.26. The minimum absolute atomic E-state index is 0.0193. The van der Waals surface area contributed by atoms with E-state index < -0.39 is 11.7 Å². The number of benzene rings is 1. The lowest BCUT2D eigenvalue weighted by molar-refractivity contribution is -0.137. The highest BCUT2D eigenvalue weighted by Gasteiger charge is 2.33. The molecule has 2 nitrogen and oxygen atoms in total. The van der Waals surface area contributed by atoms with Crippen LogP contribution in [0.15, 0.2) is 12.1 Å². The lowest BCUT2D eigenvalue weighted by atomic mass is 9.88. The average molecular weight is 294 g/mol. The first kappa shape index (κ1) is 14.5. The summed E-state index contributed by atoms with van der Waals surface area (Å²) in [5.74, 6) is 0.414. The number of nitrogens with one attached hydrogen (secondary N) is 1. The van der Waals surface area contributed by atoms with Gasteiger partial charge in [0.25, 0.3) is 0 Å². The van der Waals surface area contributed by atoms with Crippen LogP contribution in [0.4, 0.5) is 13.2 Å². The van der Waals surface area contributed by atoms with Crippen LogP contribution in [0, 0.1) is 0 Å². The maximum Gasteiger partial charge on any atom is 0.416 e. The molecular weight excluding hydrogens is 279 g/mol. The van der Waals surface area contributed by atoms with Gasteiger partial charge in [0.15, 0.2) is 0 Å². The van der Waals surface area contributed by atoms with Crippen LogP contribution < -0.4 is 10.1 Å². The van der Waals surface area contributed by atoms with Crippen molar-refractivity contribution < 1.29 is 17.9 Å². The molecule has 1 saturated heterocycles. The van der Waals surface area contributed by atoms with E-state index in [0.717, 1.165) is 32.0 Å². The zero-order valence-corrected chi connectivity index (χ0v) is 11.2. The number of rotatable bonds is 2. The molecular formula is C13H15ClF3NO. The van der Waals surface area contributed by atoms with Gasteiger partial charge in [-0.1, -0.05) is 11.6 Å². The highest BCUT2D eigenvalue weighted by atomic mass is 35.5. The third-order valence-corrected chi connectivity index (χ3v) is 3.66. The number of halogens is 4. The predicted octanol–water partition coefficient (Wildman–Crippen LogP) is 3.83. The van der Waals surface area contributed by atoms with Crippen molar-refractivity contribution >= 4 is 11.6 Å². The van der Waals surface area contributed by atoms with Crippen LogP contribution in [0.3, 0.4) is 0 Å². The Labute approximate surface area is 114 Å². The summed E-state index contributed by atoms with van der Waals surface area (Å²) in [7, 11) is 1.43. The largest absolute Gasteiger partial charge is 0.495 e. The van der Waals surface area contributed by atoms with Crippen LogP contribution >= 0.6 is 11.6 Å². The van der Waals surface area contributed by atoms with E-state index in [-0.39, 0.29) is 10.9 Å². The molecule has 1 aromatic rings. The minimum atomic E-state index is -4.39. The van der Waals surface area contributed by atoms with Gasteiger partial charge in [0.05, 0.1) is 17.7 Å². The van der Waals surface area contributed by atoms with E-state index in [1.54, 1.807) is 0 Å². The maximum atomic E-state index is 12.8. The quantitative estimate of drug-likeness (QED) is 0.895. The Balaban J connectivity index is 2.46. The molecule has 0 unspecified atom stereocenters. The molecule has 106 valence electrons. The molecule has 1 aliphatic rings. The first-order valence-electron chi connectivity index (χ1n) is 6.09. The zero-order valence-electron chi connectivity index (χ0n) is 10.5. The normalized spacial score (nSPS) is 17.5. The van der Waals surface area contributed by atoms with Gasteiger partial charge in [-0.05, 0) is 49.5 Å². The summed E-state index contributed by atoms with van der Waals surface area (Å²) in [5, 5.41) is 3.20. The molecule has 1 fully saturated rings. The van der Waals surface area contributed by atoms with Gasteiger partial charge in [-0.3, -0.25) is 0 Å². The molecule has 0 spiro atoms. The number of hydrogen-bond acceptors (Lipinski definition) is 2. The average Bonchev–Trinajstić information content (AvgIpc) is 2.37. The number of hydrogen-bond donors (Lipinski definition) is 1. The lowest BCUT2D eigenvalue weighted by Gasteiger charge is -2.26. The molecule has 0 saturated carbocycles. The Morgan fingerprint density at radius 3 is 2.42 bits per heavy atom. The minimum Gasteiger partial charge on any atom is -0.495 e. The van der Waals surface area contributed by atoms with E-state index in [0.29, 0.717) is 11.3 Å². The van der Waals surface area contributed by atoms with E-state index in [4.69, 9.17) is 16.3 Å². The van der Waals surface area contributed by atoms with Crippen molar-refractivity contribution in [1.29, 1.82) is 0 Å². The lowest BCUT2D eigenvalue weighted by Crippen LogP contribution is -2.27. The molecule has 19 heavy (non-hydrogen) atoms. The van der Waals surface area contributed by atoms with Crippen LogP contribution in [0.2, 0.25) is 5.02 Å². The molecule has 0 aliphatic carbocycles. The molecule has 1 heterocycles. The fourth-order valence-corrected chi connectivity index (χ4v) is 2.73. The van der Waals surface area contributed by atoms with Crippen molar-refractivity contribution in [3.8, 4) is 5.75 Å². The van der Waals surface area contributed by atoms with Gasteiger partial charge >= 0.3 is 6.18 Å². The molecule has 1 N–H and O–H groups in total. The first-order valence-corrected chi connectivity index (χ1v) is 6.46. The Morgan fingerprint density at radius 1 is 1.26 bits per heavy atom. The summed E-state index contributed by atoms with van der Waals surface area (Å²) < 4.78 is 43.7. The number of ether oxygens (including phenoxy) is 1. The fourth-order valence-electron chi connectivity index (χ4n) is 2.43. The molecule has 0 amide bonds. The third-order valence-electron chi connectivity index (χ3n) is 3.38. The molecule has 2 rings (SSSR count). The standard InChI is InChI=1S/C13H15ClF3NO/c1-19-12-10(8-2-4-18-5-3-8)6-9(7-11(12)14)13(15,16)17/h6-8,18H,2-5H2,1H3. The van der Waals surface area contributed by atoms with E-state index in [9.17, 15) is 13.2 Å². The van der Waals surface area contributed by atoms with Crippen molar-refractivity contribution in [3.05, 3.63) is 28.3 Å². The highest BCUT2D eigenvalue weighted by molar-refractivity contribution is 6.32. The predicted molar refractivity (Wildman–Crippen MR) is 67.9 cm³/mol. The third kappa shape index (κ3) is 3.15. The van der Waals surface area contributed by atoms with Gasteiger partial charge in [-0.25, -0.2) is 0 Å². The van der Waals surface area contributed by atoms with E-state index in [1.165, 1.54) is 13.2 Å². The van der Waals surface area contributed by atoms with Gasteiger partial charge in [0, 0.05) is 0 Å². The van der Waals surface area contributed by atoms with Crippen LogP contribution in [-0.2, 0) is 6.18 Å². The summed E-state index contributed by atoms with van der Waals surface area (Å²) in [6, 6.07) is 2.09. The van der Waals surface area contributed by atoms with Crippen molar-refractivity contribution in [2.45, 2.75) is 24.9 Å². The molecule has 1 aromatic carbocycles. The molecule has 0 aromatic heterocycles. The zero-order chi connectivity index (χ0) is 14.0. The summed E-state index contributed by atoms with van der Waals surface area (Å²) in [4.78, 5) is 0. The highest BCUT2D eigenvalue weighted by Crippen LogP contribution is 2.42. The second-order valence-corrected chi connectivity index (χ2v) is 5.01. The second kappa shape index (κ2) is 5.59. The molecule has 1 aliphatic heterocycles. The maximum absolute atomic E-state index is 12.8. The van der Waals surface area contributed by atoms with Crippen molar-refractivity contribution in [1.82, 2.24) is 5.32 Å². The summed E-state index contributed by atoms with van der Waals surface area (Å²) >= 11 is 5.92. The van der Waals surface area contributed by atoms with Crippen LogP contribution in [0.25, 0.3) is 0 Å². The fraction of sp³-hybridized carbons (Fsp3) is 0.538. The number of piperidine rings is 1. The first-order chi connectivity index (χ1) is 8.93. The van der Waals surface area contributed by atoms with Crippen molar-refractivity contribution in [2.75, 3.05) is 20.2 Å². The van der Waals surface area contributed by atoms with E-state index in [1.807, 2.05) is 0 Å². The van der Waals surface area contributed by atoms with Gasteiger partial charge in [-0.2, -0.15) is 13.2 Å². The second-order valence-electron chi connectivity index (χ2n) is 4.60. The van der Waals surface area contributed by atoms with Crippen molar-refractivity contribution in [3.63, 3.8) is 0 Å². The summed E-state index contributed by atoms with van der Waals surface area (Å²) in [6.45, 7) is 1.59. The Bertz CT molecular complexity index is 456. The van der Waals surface area contributed by atoms with Gasteiger partial charge in [0.1, 0.15) is 5.75 Å². The Morgan fingerprint density at radius 2 is 1.89 bits per heavy atom. The van der Waals surface area contributed by atoms with Crippen LogP contribution in [0.1, 0.15) is 29.9 Å². The van der Waals surface area contributed by atoms with Crippen molar-refractivity contribution in [2.24, 2.45) is 0 Å². The number of alkyl halides is 3. The van der Waals surface area contributed by atoms with Gasteiger partial charge in [0.2, 0.25) is 0 Å². The monoisotopic (exact) mass is 293 g/mol. The summed E-state index contributed by atoms with van der Waals surface area (Å²) in [6.07, 6.45) is -2.82. The van der Waals surface area contributed by atoms with E-state index in [2.05, 4.69) is 5.32 Å². The number of methoxy groups -OCH3 is 1. The van der Waals surface area contributed by atoms with Crippen LogP contribution in [-0.4, -0.2) is 20.2 Å². The molecule has 0 radical (unpaired) electrons. The molecule has 0 bridgehead atoms. The summed E-state index contributed by atoms with van der Waals surface area (Å²) in [5.41, 5.74) is -0.157. The topological polar surface area (TPSA) is 21.3 Å². The molecule has 6 heteroatoms. The van der Waals surface area contributed by atoms with Crippen LogP contribution in [0.5, 0.6) is 5.75 Å².